The highest BCUT2D eigenvalue weighted by Crippen LogP contribution is 2.65. The molecule has 2 saturated carbocycles. The van der Waals surface area contributed by atoms with Crippen molar-refractivity contribution < 1.29 is 14.3 Å². The van der Waals surface area contributed by atoms with Crippen LogP contribution in [-0.2, 0) is 9.53 Å². The third kappa shape index (κ3) is 2.47. The minimum atomic E-state index is 0.00277. The smallest absolute Gasteiger partial charge is 0.306 e. The molecule has 4 aliphatic rings. The lowest BCUT2D eigenvalue weighted by Gasteiger charge is -2.59. The molecule has 0 bridgehead atoms. The minimum absolute atomic E-state index is 0.00277. The van der Waals surface area contributed by atoms with Crippen molar-refractivity contribution >= 4 is 11.5 Å². The Kier molecular flexibility index (Phi) is 4.08. The fourth-order valence-corrected chi connectivity index (χ4v) is 7.09. The average Bonchev–Trinajstić information content (AvgIpc) is 3.06. The van der Waals surface area contributed by atoms with E-state index in [1.807, 2.05) is 6.20 Å². The first-order chi connectivity index (χ1) is 13.5. The number of ether oxygens (including phenoxy) is 2. The van der Waals surface area contributed by atoms with Gasteiger partial charge in [-0.2, -0.15) is 0 Å². The molecule has 0 amide bonds. The topological polar surface area (TPSA) is 61.3 Å². The normalized spacial score (nSPS) is 42.0. The zero-order chi connectivity index (χ0) is 19.5. The minimum Gasteiger partial charge on any atom is -0.480 e. The number of nitrogens with zero attached hydrogens (tertiary/aromatic N) is 2. The van der Waals surface area contributed by atoms with Gasteiger partial charge in [0.15, 0.2) is 0 Å². The lowest BCUT2D eigenvalue weighted by atomic mass is 9.47. The molecule has 1 unspecified atom stereocenters. The van der Waals surface area contributed by atoms with Crippen LogP contribution in [0.4, 0.5) is 0 Å². The van der Waals surface area contributed by atoms with E-state index in [0.717, 1.165) is 25.0 Å². The third-order valence-electron chi connectivity index (χ3n) is 8.60. The van der Waals surface area contributed by atoms with Crippen molar-refractivity contribution in [2.45, 2.75) is 64.9 Å². The number of hydrogen-bond acceptors (Lipinski definition) is 5. The first-order valence-corrected chi connectivity index (χ1v) is 10.7. The molecule has 5 rings (SSSR count). The molecular weight excluding hydrogens is 352 g/mol. The Labute approximate surface area is 166 Å². The molecule has 3 fully saturated rings. The average molecular weight is 383 g/mol. The van der Waals surface area contributed by atoms with Crippen LogP contribution in [-0.4, -0.2) is 29.2 Å². The van der Waals surface area contributed by atoms with E-state index in [9.17, 15) is 4.79 Å². The van der Waals surface area contributed by atoms with Crippen molar-refractivity contribution in [2.75, 3.05) is 7.11 Å². The number of allylic oxidation sites excluding steroid dienone is 2. The van der Waals surface area contributed by atoms with E-state index in [1.54, 1.807) is 13.3 Å². The molecule has 0 aromatic carbocycles. The number of carbonyl (C=O) groups excluding carboxylic acids is 1. The Bertz CT molecular complexity index is 837. The van der Waals surface area contributed by atoms with Crippen molar-refractivity contribution in [2.24, 2.45) is 28.6 Å². The summed E-state index contributed by atoms with van der Waals surface area (Å²) in [6.45, 7) is 4.82. The number of carbonyl (C=O) groups is 1. The van der Waals surface area contributed by atoms with Gasteiger partial charge in [0.25, 0.3) is 0 Å². The molecule has 28 heavy (non-hydrogen) atoms. The Hall–Kier alpha value is -1.91. The molecule has 0 N–H and O–H groups in total. The van der Waals surface area contributed by atoms with Gasteiger partial charge in [-0.3, -0.25) is 9.78 Å². The quantitative estimate of drug-likeness (QED) is 0.708. The van der Waals surface area contributed by atoms with E-state index in [0.29, 0.717) is 30.1 Å². The Morgan fingerprint density at radius 1 is 1.14 bits per heavy atom. The van der Waals surface area contributed by atoms with Gasteiger partial charge in [-0.1, -0.05) is 19.9 Å². The summed E-state index contributed by atoms with van der Waals surface area (Å²) < 4.78 is 11.1. The highest BCUT2D eigenvalue weighted by molar-refractivity contribution is 5.71. The fourth-order valence-electron chi connectivity index (χ4n) is 7.09. The summed E-state index contributed by atoms with van der Waals surface area (Å²) >= 11 is 0. The molecule has 1 aromatic rings. The molecule has 5 heteroatoms. The molecule has 6 atom stereocenters. The zero-order valence-corrected chi connectivity index (χ0v) is 17.1. The number of esters is 1. The maximum atomic E-state index is 11.9. The molecule has 3 aliphatic carbocycles. The van der Waals surface area contributed by atoms with Crippen LogP contribution in [0.3, 0.4) is 0 Å². The molecule has 0 radical (unpaired) electrons. The predicted octanol–water partition coefficient (Wildman–Crippen LogP) is 4.43. The van der Waals surface area contributed by atoms with Crippen molar-refractivity contribution in [1.29, 1.82) is 0 Å². The van der Waals surface area contributed by atoms with Gasteiger partial charge in [0, 0.05) is 11.8 Å². The summed E-state index contributed by atoms with van der Waals surface area (Å²) in [4.78, 5) is 20.9. The maximum Gasteiger partial charge on any atom is 0.306 e. The van der Waals surface area contributed by atoms with Crippen LogP contribution in [0, 0.1) is 28.6 Å². The first-order valence-electron chi connectivity index (χ1n) is 10.7. The lowest BCUT2D eigenvalue weighted by molar-refractivity contribution is -0.189. The summed E-state index contributed by atoms with van der Waals surface area (Å²) in [5, 5.41) is 0. The highest BCUT2D eigenvalue weighted by atomic mass is 16.5. The van der Waals surface area contributed by atoms with Gasteiger partial charge in [0.2, 0.25) is 5.88 Å². The predicted molar refractivity (Wildman–Crippen MR) is 105 cm³/mol. The third-order valence-corrected chi connectivity index (χ3v) is 8.60. The fraction of sp³-hybridized carbons (Fsp3) is 0.696. The molecule has 1 aromatic heterocycles. The first kappa shape index (κ1) is 18.1. The second kappa shape index (κ2) is 6.30. The second-order valence-corrected chi connectivity index (χ2v) is 9.69. The zero-order valence-electron chi connectivity index (χ0n) is 17.1. The van der Waals surface area contributed by atoms with Gasteiger partial charge in [0.05, 0.1) is 25.2 Å². The second-order valence-electron chi connectivity index (χ2n) is 9.69. The Morgan fingerprint density at radius 3 is 2.82 bits per heavy atom. The van der Waals surface area contributed by atoms with Gasteiger partial charge >= 0.3 is 5.97 Å². The maximum absolute atomic E-state index is 11.9. The van der Waals surface area contributed by atoms with Crippen LogP contribution in [0.15, 0.2) is 18.5 Å². The van der Waals surface area contributed by atoms with Crippen LogP contribution in [0.1, 0.15) is 64.5 Å². The van der Waals surface area contributed by atoms with Crippen molar-refractivity contribution in [3.05, 3.63) is 24.2 Å². The number of rotatable bonds is 2. The number of aromatic nitrogens is 2. The molecule has 2 heterocycles. The van der Waals surface area contributed by atoms with Crippen LogP contribution in [0.2, 0.25) is 0 Å². The van der Waals surface area contributed by atoms with Crippen LogP contribution in [0.5, 0.6) is 5.88 Å². The molecule has 1 saturated heterocycles. The number of fused-ring (bicyclic) bond motifs is 5. The van der Waals surface area contributed by atoms with E-state index in [1.165, 1.54) is 24.8 Å². The van der Waals surface area contributed by atoms with Gasteiger partial charge in [-0.05, 0) is 67.3 Å². The van der Waals surface area contributed by atoms with E-state index in [4.69, 9.17) is 14.5 Å². The van der Waals surface area contributed by atoms with E-state index in [2.05, 4.69) is 24.9 Å². The van der Waals surface area contributed by atoms with Crippen molar-refractivity contribution in [3.8, 4) is 5.88 Å². The van der Waals surface area contributed by atoms with E-state index in [-0.39, 0.29) is 22.9 Å². The Balaban J connectivity index is 1.44. The SMILES string of the molecule is COc1cncc(C2=CC[C@H]3[C@@H]4CCC5OC(=O)CC[C@]5(C)[C@H]4CC[C@]23C)n1. The summed E-state index contributed by atoms with van der Waals surface area (Å²) in [7, 11) is 1.64. The standard InChI is InChI=1S/C23H30N2O3/c1-22-10-8-16-14(4-7-19-23(16,2)11-9-21(26)28-19)15(22)5-6-17(22)18-12-24-13-20(25-18)27-3/h6,12-16,19H,4-5,7-11H2,1-3H3/t14-,15-,16-,19?,22-,23+/m0/s1. The monoisotopic (exact) mass is 382 g/mol. The van der Waals surface area contributed by atoms with Gasteiger partial charge in [0.1, 0.15) is 6.10 Å². The highest BCUT2D eigenvalue weighted by Gasteiger charge is 2.59. The molecule has 1 aliphatic heterocycles. The number of hydrogen-bond donors (Lipinski definition) is 0. The molecule has 5 nitrogen and oxygen atoms in total. The van der Waals surface area contributed by atoms with Gasteiger partial charge < -0.3 is 9.47 Å². The summed E-state index contributed by atoms with van der Waals surface area (Å²) in [5.41, 5.74) is 2.62. The van der Waals surface area contributed by atoms with Crippen molar-refractivity contribution in [3.63, 3.8) is 0 Å². The summed E-state index contributed by atoms with van der Waals surface area (Å²) in [5.74, 6) is 2.58. The van der Waals surface area contributed by atoms with Crippen molar-refractivity contribution in [1.82, 2.24) is 9.97 Å². The van der Waals surface area contributed by atoms with E-state index >= 15 is 0 Å². The Morgan fingerprint density at radius 2 is 2.00 bits per heavy atom. The summed E-state index contributed by atoms with van der Waals surface area (Å²) in [6, 6.07) is 0. The largest absolute Gasteiger partial charge is 0.480 e. The van der Waals surface area contributed by atoms with Gasteiger partial charge in [-0.15, -0.1) is 0 Å². The van der Waals surface area contributed by atoms with Crippen LogP contribution in [0.25, 0.3) is 5.57 Å². The number of methoxy groups -OCH3 is 1. The molecular formula is C23H30N2O3. The summed E-state index contributed by atoms with van der Waals surface area (Å²) in [6.07, 6.45) is 13.3. The van der Waals surface area contributed by atoms with E-state index < -0.39 is 0 Å². The van der Waals surface area contributed by atoms with Crippen LogP contribution >= 0.6 is 0 Å². The molecule has 150 valence electrons. The lowest BCUT2D eigenvalue weighted by Crippen LogP contribution is -2.56. The van der Waals surface area contributed by atoms with Crippen LogP contribution < -0.4 is 4.74 Å². The molecule has 0 spiro atoms. The van der Waals surface area contributed by atoms with Gasteiger partial charge in [-0.25, -0.2) is 4.98 Å².